The third kappa shape index (κ3) is 4.26. The van der Waals surface area contributed by atoms with Crippen molar-refractivity contribution in [3.05, 3.63) is 82.5 Å². The summed E-state index contributed by atoms with van der Waals surface area (Å²) in [5.74, 6) is 0.282. The summed E-state index contributed by atoms with van der Waals surface area (Å²) < 4.78 is 5.43. The zero-order chi connectivity index (χ0) is 19.1. The normalized spacial score (nSPS) is 11.3. The Morgan fingerprint density at radius 3 is 2.81 bits per heavy atom. The maximum Gasteiger partial charge on any atom is 0.251 e. The van der Waals surface area contributed by atoms with Gasteiger partial charge in [0.2, 0.25) is 0 Å². The van der Waals surface area contributed by atoms with E-state index in [0.29, 0.717) is 11.3 Å². The molecule has 3 rings (SSSR count). The third-order valence-electron chi connectivity index (χ3n) is 4.11. The molecule has 0 bridgehead atoms. The number of ether oxygens (including phenoxy) is 1. The van der Waals surface area contributed by atoms with Gasteiger partial charge in [-0.1, -0.05) is 35.4 Å². The summed E-state index contributed by atoms with van der Waals surface area (Å²) in [6.07, 6.45) is 3.44. The number of azide groups is 1. The van der Waals surface area contributed by atoms with Crippen molar-refractivity contribution >= 4 is 5.91 Å². The molecule has 0 radical (unpaired) electrons. The maximum absolute atomic E-state index is 12.7. The number of hydrogen-bond donors (Lipinski definition) is 2. The topological polar surface area (TPSA) is 116 Å². The Hall–Kier alpha value is -3.77. The number of amides is 1. The minimum absolute atomic E-state index is 0.122. The van der Waals surface area contributed by atoms with Gasteiger partial charge in [-0.05, 0) is 29.3 Å². The van der Waals surface area contributed by atoms with E-state index in [1.165, 1.54) is 0 Å². The molecule has 1 heterocycles. The highest BCUT2D eigenvalue weighted by Crippen LogP contribution is 2.30. The summed E-state index contributed by atoms with van der Waals surface area (Å²) in [5, 5.41) is 13.2. The highest BCUT2D eigenvalue weighted by Gasteiger charge is 2.17. The second-order valence-electron chi connectivity index (χ2n) is 5.75. The van der Waals surface area contributed by atoms with Gasteiger partial charge in [-0.2, -0.15) is 5.10 Å². The summed E-state index contributed by atoms with van der Waals surface area (Å²) in [4.78, 5) is 15.5. The van der Waals surface area contributed by atoms with Crippen molar-refractivity contribution in [3.8, 4) is 16.9 Å². The quantitative estimate of drug-likeness (QED) is 0.377. The smallest absolute Gasteiger partial charge is 0.251 e. The van der Waals surface area contributed by atoms with Crippen LogP contribution in [0.15, 0.2) is 66.0 Å². The molecule has 0 unspecified atom stereocenters. The number of aromatic nitrogens is 2. The van der Waals surface area contributed by atoms with Gasteiger partial charge in [0.25, 0.3) is 5.91 Å². The number of nitrogens with zero attached hydrogens (tertiary/aromatic N) is 4. The number of rotatable bonds is 7. The standard InChI is InChI=1S/C19H18N6O2/c1-27-18-9-14(7-8-16(18)15-10-21-22-11-15)19(26)24-17(12-23-25-20)13-5-3-2-4-6-13/h2-11,17H,12H2,1H3,(H,21,22)(H,24,26)/t17-/m1/s1. The molecule has 0 spiro atoms. The van der Waals surface area contributed by atoms with Gasteiger partial charge in [0.05, 0.1) is 25.9 Å². The van der Waals surface area contributed by atoms with E-state index in [4.69, 9.17) is 10.3 Å². The highest BCUT2D eigenvalue weighted by molar-refractivity contribution is 5.95. The first kappa shape index (κ1) is 18.0. The molecule has 1 amide bonds. The van der Waals surface area contributed by atoms with Gasteiger partial charge in [0.1, 0.15) is 5.75 Å². The maximum atomic E-state index is 12.7. The van der Waals surface area contributed by atoms with E-state index < -0.39 is 6.04 Å². The van der Waals surface area contributed by atoms with E-state index >= 15 is 0 Å². The van der Waals surface area contributed by atoms with Crippen molar-refractivity contribution in [2.75, 3.05) is 13.7 Å². The van der Waals surface area contributed by atoms with Crippen molar-refractivity contribution < 1.29 is 9.53 Å². The van der Waals surface area contributed by atoms with Crippen molar-refractivity contribution in [1.29, 1.82) is 0 Å². The summed E-state index contributed by atoms with van der Waals surface area (Å²) >= 11 is 0. The number of benzene rings is 2. The van der Waals surface area contributed by atoms with E-state index in [9.17, 15) is 4.79 Å². The number of methoxy groups -OCH3 is 1. The van der Waals surface area contributed by atoms with Crippen LogP contribution in [-0.4, -0.2) is 29.8 Å². The lowest BCUT2D eigenvalue weighted by Crippen LogP contribution is -2.30. The fourth-order valence-corrected chi connectivity index (χ4v) is 2.75. The molecular formula is C19H18N6O2. The van der Waals surface area contributed by atoms with Crippen molar-refractivity contribution in [2.24, 2.45) is 5.11 Å². The Morgan fingerprint density at radius 2 is 2.15 bits per heavy atom. The molecule has 1 atom stereocenters. The van der Waals surface area contributed by atoms with E-state index in [1.54, 1.807) is 31.6 Å². The molecule has 0 aliphatic heterocycles. The fraction of sp³-hybridized carbons (Fsp3) is 0.158. The lowest BCUT2D eigenvalue weighted by Gasteiger charge is -2.18. The molecule has 8 nitrogen and oxygen atoms in total. The monoisotopic (exact) mass is 362 g/mol. The Balaban J connectivity index is 1.84. The number of H-pyrrole nitrogens is 1. The molecule has 8 heteroatoms. The largest absolute Gasteiger partial charge is 0.496 e. The molecular weight excluding hydrogens is 344 g/mol. The minimum atomic E-state index is -0.422. The van der Waals surface area contributed by atoms with Crippen LogP contribution in [0.5, 0.6) is 5.75 Å². The average molecular weight is 362 g/mol. The predicted molar refractivity (Wildman–Crippen MR) is 101 cm³/mol. The molecule has 0 saturated heterocycles. The molecule has 0 aliphatic carbocycles. The predicted octanol–water partition coefficient (Wildman–Crippen LogP) is 3.87. The highest BCUT2D eigenvalue weighted by atomic mass is 16.5. The third-order valence-corrected chi connectivity index (χ3v) is 4.11. The number of hydrogen-bond acceptors (Lipinski definition) is 4. The van der Waals surface area contributed by atoms with Crippen LogP contribution in [0.2, 0.25) is 0 Å². The number of aromatic amines is 1. The zero-order valence-corrected chi connectivity index (χ0v) is 14.7. The van der Waals surface area contributed by atoms with Crippen LogP contribution >= 0.6 is 0 Å². The molecule has 0 fully saturated rings. The van der Waals surface area contributed by atoms with E-state index in [-0.39, 0.29) is 12.5 Å². The molecule has 0 saturated carbocycles. The van der Waals surface area contributed by atoms with Crippen LogP contribution in [0.4, 0.5) is 0 Å². The van der Waals surface area contributed by atoms with Gasteiger partial charge in [-0.15, -0.1) is 0 Å². The Morgan fingerprint density at radius 1 is 1.33 bits per heavy atom. The number of nitrogens with one attached hydrogen (secondary N) is 2. The van der Waals surface area contributed by atoms with Gasteiger partial charge in [-0.25, -0.2) is 0 Å². The first-order chi connectivity index (χ1) is 13.2. The first-order valence-electron chi connectivity index (χ1n) is 8.26. The lowest BCUT2D eigenvalue weighted by atomic mass is 10.0. The number of carbonyl (C=O) groups is 1. The van der Waals surface area contributed by atoms with Crippen molar-refractivity contribution in [2.45, 2.75) is 6.04 Å². The molecule has 3 aromatic rings. The average Bonchev–Trinajstić information content (AvgIpc) is 3.25. The molecule has 136 valence electrons. The lowest BCUT2D eigenvalue weighted by molar-refractivity contribution is 0.0937. The first-order valence-corrected chi connectivity index (χ1v) is 8.26. The van der Waals surface area contributed by atoms with Crippen LogP contribution in [0.25, 0.3) is 21.6 Å². The van der Waals surface area contributed by atoms with Crippen LogP contribution in [0, 0.1) is 0 Å². The molecule has 2 aromatic carbocycles. The second-order valence-corrected chi connectivity index (χ2v) is 5.75. The van der Waals surface area contributed by atoms with Crippen LogP contribution in [0.3, 0.4) is 0 Å². The molecule has 2 N–H and O–H groups in total. The van der Waals surface area contributed by atoms with E-state index in [2.05, 4.69) is 25.5 Å². The minimum Gasteiger partial charge on any atom is -0.496 e. The molecule has 27 heavy (non-hydrogen) atoms. The number of carbonyl (C=O) groups excluding carboxylic acids is 1. The Labute approximate surface area is 155 Å². The summed E-state index contributed by atoms with van der Waals surface area (Å²) in [6, 6.07) is 14.2. The summed E-state index contributed by atoms with van der Waals surface area (Å²) in [7, 11) is 1.55. The summed E-state index contributed by atoms with van der Waals surface area (Å²) in [6.45, 7) is 0.122. The molecule has 0 aliphatic rings. The van der Waals surface area contributed by atoms with Gasteiger partial charge < -0.3 is 10.1 Å². The van der Waals surface area contributed by atoms with E-state index in [0.717, 1.165) is 16.7 Å². The van der Waals surface area contributed by atoms with Crippen LogP contribution in [0.1, 0.15) is 22.0 Å². The molecule has 1 aromatic heterocycles. The van der Waals surface area contributed by atoms with Crippen LogP contribution in [-0.2, 0) is 0 Å². The van der Waals surface area contributed by atoms with Gasteiger partial charge >= 0.3 is 0 Å². The summed E-state index contributed by atoms with van der Waals surface area (Å²) in [5.41, 5.74) is 11.6. The SMILES string of the molecule is COc1cc(C(=O)N[C@H](CN=[N+]=[N-])c2ccccc2)ccc1-c1cn[nH]c1. The van der Waals surface area contributed by atoms with Crippen molar-refractivity contribution in [3.63, 3.8) is 0 Å². The van der Waals surface area contributed by atoms with E-state index in [1.807, 2.05) is 36.4 Å². The van der Waals surface area contributed by atoms with Gasteiger partial charge in [0.15, 0.2) is 0 Å². The van der Waals surface area contributed by atoms with Crippen molar-refractivity contribution in [1.82, 2.24) is 15.5 Å². The Bertz CT molecular complexity index is 950. The van der Waals surface area contributed by atoms with Gasteiger partial charge in [0, 0.05) is 27.8 Å². The Kier molecular flexibility index (Phi) is 5.71. The van der Waals surface area contributed by atoms with Gasteiger partial charge in [-0.3, -0.25) is 9.89 Å². The zero-order valence-electron chi connectivity index (χ0n) is 14.7. The van der Waals surface area contributed by atoms with Crippen LogP contribution < -0.4 is 10.1 Å². The second kappa shape index (κ2) is 8.55. The fourth-order valence-electron chi connectivity index (χ4n) is 2.75.